The third kappa shape index (κ3) is 5.92. The summed E-state index contributed by atoms with van der Waals surface area (Å²) in [6, 6.07) is 0. The summed E-state index contributed by atoms with van der Waals surface area (Å²) in [5.74, 6) is 0. The largest absolute Gasteiger partial charge is 0.396 e. The second-order valence-electron chi connectivity index (χ2n) is 1.38. The minimum Gasteiger partial charge on any atom is -0.396 e. The summed E-state index contributed by atoms with van der Waals surface area (Å²) in [5, 5.41) is 8.22. The van der Waals surface area contributed by atoms with Gasteiger partial charge in [-0.3, -0.25) is 0 Å². The zero-order valence-electron chi connectivity index (χ0n) is 4.43. The molecule has 0 aromatic rings. The fourth-order valence-corrected chi connectivity index (χ4v) is 0.353. The van der Waals surface area contributed by atoms with E-state index in [1.54, 1.807) is 0 Å². The van der Waals surface area contributed by atoms with E-state index in [0.717, 1.165) is 12.8 Å². The van der Waals surface area contributed by atoms with Crippen molar-refractivity contribution in [2.24, 2.45) is 5.73 Å². The van der Waals surface area contributed by atoms with E-state index in [9.17, 15) is 0 Å². The molecule has 0 unspecified atom stereocenters. The molecule has 7 heavy (non-hydrogen) atoms. The van der Waals surface area contributed by atoms with Crippen LogP contribution in [0.1, 0.15) is 12.8 Å². The van der Waals surface area contributed by atoms with Crippen LogP contribution in [0.4, 0.5) is 0 Å². The van der Waals surface area contributed by atoms with E-state index in [2.05, 4.69) is 0 Å². The lowest BCUT2D eigenvalue weighted by Gasteiger charge is -1.90. The Morgan fingerprint density at radius 3 is 2.57 bits per heavy atom. The van der Waals surface area contributed by atoms with Crippen molar-refractivity contribution in [1.82, 2.24) is 0 Å². The first-order chi connectivity index (χ1) is 3.41. The van der Waals surface area contributed by atoms with Crippen molar-refractivity contribution in [3.8, 4) is 0 Å². The summed E-state index contributed by atoms with van der Waals surface area (Å²) in [6.07, 6.45) is 3.68. The number of aliphatic hydroxyl groups excluding tert-OH is 1. The Labute approximate surface area is 44.3 Å². The van der Waals surface area contributed by atoms with Gasteiger partial charge in [-0.15, -0.1) is 0 Å². The standard InChI is InChI=1S/C5H12NO/c6-4-2-1-3-5-7/h1,7H,2-6H2. The van der Waals surface area contributed by atoms with Crippen LogP contribution in [0.5, 0.6) is 0 Å². The van der Waals surface area contributed by atoms with Crippen molar-refractivity contribution in [1.29, 1.82) is 0 Å². The van der Waals surface area contributed by atoms with Crippen LogP contribution in [0, 0.1) is 6.42 Å². The van der Waals surface area contributed by atoms with Crippen molar-refractivity contribution in [3.63, 3.8) is 0 Å². The summed E-state index contributed by atoms with van der Waals surface area (Å²) in [6.45, 7) is 0.944. The van der Waals surface area contributed by atoms with Crippen molar-refractivity contribution in [3.05, 3.63) is 6.42 Å². The van der Waals surface area contributed by atoms with Crippen LogP contribution in [0.25, 0.3) is 0 Å². The van der Waals surface area contributed by atoms with Crippen LogP contribution >= 0.6 is 0 Å². The van der Waals surface area contributed by atoms with Crippen molar-refractivity contribution >= 4 is 0 Å². The lowest BCUT2D eigenvalue weighted by Crippen LogP contribution is -1.98. The van der Waals surface area contributed by atoms with E-state index in [4.69, 9.17) is 10.8 Å². The van der Waals surface area contributed by atoms with Gasteiger partial charge in [-0.25, -0.2) is 0 Å². The fourth-order valence-electron chi connectivity index (χ4n) is 0.353. The average Bonchev–Trinajstić information content (AvgIpc) is 1.69. The molecule has 0 bridgehead atoms. The van der Waals surface area contributed by atoms with Gasteiger partial charge in [0, 0.05) is 6.61 Å². The van der Waals surface area contributed by atoms with Crippen molar-refractivity contribution in [2.45, 2.75) is 12.8 Å². The first-order valence-electron chi connectivity index (χ1n) is 2.54. The number of unbranched alkanes of at least 4 members (excludes halogenated alkanes) is 2. The maximum atomic E-state index is 8.22. The second kappa shape index (κ2) is 5.92. The molecule has 2 heteroatoms. The molecule has 0 amide bonds. The summed E-state index contributed by atoms with van der Waals surface area (Å²) >= 11 is 0. The van der Waals surface area contributed by atoms with E-state index < -0.39 is 0 Å². The zero-order valence-corrected chi connectivity index (χ0v) is 4.43. The molecule has 0 fully saturated rings. The highest BCUT2D eigenvalue weighted by Crippen LogP contribution is 1.87. The van der Waals surface area contributed by atoms with Crippen molar-refractivity contribution in [2.75, 3.05) is 13.2 Å². The monoisotopic (exact) mass is 102 g/mol. The number of aliphatic hydroxyl groups is 1. The van der Waals surface area contributed by atoms with Gasteiger partial charge in [0.25, 0.3) is 0 Å². The molecule has 0 rings (SSSR count). The molecule has 0 spiro atoms. The van der Waals surface area contributed by atoms with E-state index in [-0.39, 0.29) is 6.61 Å². The van der Waals surface area contributed by atoms with Gasteiger partial charge < -0.3 is 10.8 Å². The van der Waals surface area contributed by atoms with Gasteiger partial charge in [0.15, 0.2) is 0 Å². The zero-order chi connectivity index (χ0) is 5.54. The maximum Gasteiger partial charge on any atom is 0.0433 e. The molecule has 0 aromatic carbocycles. The van der Waals surface area contributed by atoms with E-state index >= 15 is 0 Å². The Morgan fingerprint density at radius 2 is 2.14 bits per heavy atom. The lowest BCUT2D eigenvalue weighted by atomic mass is 10.2. The molecule has 0 atom stereocenters. The summed E-state index contributed by atoms with van der Waals surface area (Å²) in [7, 11) is 0. The molecule has 0 heterocycles. The molecule has 0 aromatic heterocycles. The molecule has 0 aliphatic carbocycles. The van der Waals surface area contributed by atoms with Gasteiger partial charge in [-0.2, -0.15) is 0 Å². The number of nitrogens with two attached hydrogens (primary N) is 1. The fraction of sp³-hybridized carbons (Fsp3) is 0.800. The van der Waals surface area contributed by atoms with Crippen LogP contribution in [-0.2, 0) is 0 Å². The highest BCUT2D eigenvalue weighted by molar-refractivity contribution is 4.62. The van der Waals surface area contributed by atoms with Gasteiger partial charge >= 0.3 is 0 Å². The molecule has 3 N–H and O–H groups in total. The molecule has 0 aliphatic rings. The van der Waals surface area contributed by atoms with Crippen molar-refractivity contribution < 1.29 is 5.11 Å². The molecule has 0 aliphatic heterocycles. The smallest absolute Gasteiger partial charge is 0.0433 e. The Kier molecular flexibility index (Phi) is 5.85. The Bertz CT molecular complexity index is 27.3. The van der Waals surface area contributed by atoms with Crippen LogP contribution in [-0.4, -0.2) is 18.3 Å². The molecular formula is C5H12NO. The Balaban J connectivity index is 2.45. The van der Waals surface area contributed by atoms with E-state index in [1.165, 1.54) is 0 Å². The predicted molar refractivity (Wildman–Crippen MR) is 29.7 cm³/mol. The first-order valence-corrected chi connectivity index (χ1v) is 2.54. The number of hydrogen-bond acceptors (Lipinski definition) is 2. The number of hydrogen-bond donors (Lipinski definition) is 2. The summed E-state index contributed by atoms with van der Waals surface area (Å²) in [5.41, 5.74) is 5.16. The van der Waals surface area contributed by atoms with Gasteiger partial charge in [0.05, 0.1) is 0 Å². The Hall–Kier alpha value is -0.0800. The molecule has 0 saturated heterocycles. The first kappa shape index (κ1) is 6.92. The van der Waals surface area contributed by atoms with Gasteiger partial charge in [0.1, 0.15) is 0 Å². The highest BCUT2D eigenvalue weighted by atomic mass is 16.2. The second-order valence-corrected chi connectivity index (χ2v) is 1.38. The van der Waals surface area contributed by atoms with Crippen LogP contribution in [0.2, 0.25) is 0 Å². The SMILES string of the molecule is NCC[CH]CCO. The average molecular weight is 102 g/mol. The van der Waals surface area contributed by atoms with E-state index in [1.807, 2.05) is 6.42 Å². The van der Waals surface area contributed by atoms with Crippen LogP contribution in [0.15, 0.2) is 0 Å². The maximum absolute atomic E-state index is 8.22. The highest BCUT2D eigenvalue weighted by Gasteiger charge is 1.81. The molecule has 1 radical (unpaired) electrons. The molecule has 0 saturated carbocycles. The Morgan fingerprint density at radius 1 is 1.43 bits per heavy atom. The van der Waals surface area contributed by atoms with Gasteiger partial charge in [0.2, 0.25) is 0 Å². The number of rotatable bonds is 4. The predicted octanol–water partition coefficient (Wildman–Crippen LogP) is -0.0781. The molecular weight excluding hydrogens is 90.1 g/mol. The topological polar surface area (TPSA) is 46.2 Å². The molecule has 2 nitrogen and oxygen atoms in total. The van der Waals surface area contributed by atoms with Crippen LogP contribution < -0.4 is 5.73 Å². The minimum atomic E-state index is 0.250. The lowest BCUT2D eigenvalue weighted by molar-refractivity contribution is 0.297. The van der Waals surface area contributed by atoms with Gasteiger partial charge in [-0.05, 0) is 25.8 Å². The van der Waals surface area contributed by atoms with E-state index in [0.29, 0.717) is 6.54 Å². The summed E-state index contributed by atoms with van der Waals surface area (Å²) in [4.78, 5) is 0. The third-order valence-electron chi connectivity index (χ3n) is 0.704. The summed E-state index contributed by atoms with van der Waals surface area (Å²) < 4.78 is 0. The van der Waals surface area contributed by atoms with Gasteiger partial charge in [-0.1, -0.05) is 0 Å². The third-order valence-corrected chi connectivity index (χ3v) is 0.704. The van der Waals surface area contributed by atoms with Crippen LogP contribution in [0.3, 0.4) is 0 Å². The minimum absolute atomic E-state index is 0.250. The quantitative estimate of drug-likeness (QED) is 0.488. The normalized spacial score (nSPS) is 9.43. The molecule has 43 valence electrons.